The molecule has 0 saturated heterocycles. The zero-order valence-corrected chi connectivity index (χ0v) is 76.5. The van der Waals surface area contributed by atoms with E-state index in [1.54, 1.807) is 185 Å². The molecule has 684 valence electrons. The molecule has 21 heteroatoms. The monoisotopic (exact) mass is 1760 g/mol. The van der Waals surface area contributed by atoms with Crippen LogP contribution in [0.2, 0.25) is 0 Å². The average molecular weight is 1760 g/mol. The van der Waals surface area contributed by atoms with Crippen molar-refractivity contribution in [2.45, 2.75) is 216 Å². The quantitative estimate of drug-likeness (QED) is 0.0113. The third kappa shape index (κ3) is 38.9. The van der Waals surface area contributed by atoms with Crippen molar-refractivity contribution in [2.75, 3.05) is 39.6 Å². The highest BCUT2D eigenvalue weighted by Crippen LogP contribution is 2.28. The van der Waals surface area contributed by atoms with Gasteiger partial charge in [-0.15, -0.1) is 0 Å². The summed E-state index contributed by atoms with van der Waals surface area (Å²) in [6.07, 6.45) is 24.8. The van der Waals surface area contributed by atoms with Crippen LogP contribution in [0.5, 0.6) is 51.7 Å². The van der Waals surface area contributed by atoms with Gasteiger partial charge in [-0.2, -0.15) is 0 Å². The Morgan fingerprint density at radius 1 is 0.225 bits per heavy atom. The molecule has 0 saturated carbocycles. The molecule has 0 aromatic heterocycles. The molecule has 0 radical (unpaired) electrons. The highest BCUT2D eigenvalue weighted by molar-refractivity contribution is 5.96. The lowest BCUT2D eigenvalue weighted by Crippen LogP contribution is -2.10. The lowest BCUT2D eigenvalue weighted by Gasteiger charge is -2.11. The van der Waals surface area contributed by atoms with Gasteiger partial charge in [0.25, 0.3) is 0 Å². The van der Waals surface area contributed by atoms with E-state index in [0.29, 0.717) is 124 Å². The minimum absolute atomic E-state index is 0.310. The molecule has 0 heterocycles. The number of unbranched alkanes of at least 4 members (excludes halogenated alkanes) is 18. The van der Waals surface area contributed by atoms with E-state index in [0.717, 1.165) is 192 Å². The van der Waals surface area contributed by atoms with Crippen LogP contribution in [0.3, 0.4) is 0 Å². The van der Waals surface area contributed by atoms with E-state index in [9.17, 15) is 43.2 Å². The van der Waals surface area contributed by atoms with Crippen molar-refractivity contribution in [1.29, 1.82) is 0 Å². The van der Waals surface area contributed by atoms with Crippen molar-refractivity contribution in [3.05, 3.63) is 303 Å². The number of carbonyl (C=O) groups excluding carboxylic acids is 9. The van der Waals surface area contributed by atoms with E-state index in [1.807, 2.05) is 57.2 Å². The number of esters is 9. The molecular weight excluding hydrogens is 1630 g/mol. The molecule has 0 N–H and O–H groups in total. The van der Waals surface area contributed by atoms with Crippen molar-refractivity contribution in [3.8, 4) is 51.7 Å². The van der Waals surface area contributed by atoms with Crippen LogP contribution in [0.15, 0.2) is 237 Å². The summed E-state index contributed by atoms with van der Waals surface area (Å²) in [6, 6.07) is 56.7. The first-order chi connectivity index (χ1) is 62.3. The summed E-state index contributed by atoms with van der Waals surface area (Å²) in [5, 5.41) is 0. The Balaban J connectivity index is 0.000000265. The summed E-state index contributed by atoms with van der Waals surface area (Å²) >= 11 is 0. The van der Waals surface area contributed by atoms with Gasteiger partial charge in [0.1, 0.15) is 51.7 Å². The molecule has 0 unspecified atom stereocenters. The number of rotatable bonds is 51. The largest absolute Gasteiger partial charge is 0.493 e. The van der Waals surface area contributed by atoms with E-state index < -0.39 is 35.8 Å². The highest BCUT2D eigenvalue weighted by atomic mass is 16.6. The van der Waals surface area contributed by atoms with Gasteiger partial charge in [-0.3, -0.25) is 0 Å². The Kier molecular flexibility index (Phi) is 45.9. The number of hydrogen-bond donors (Lipinski definition) is 0. The topological polar surface area (TPSA) is 264 Å². The lowest BCUT2D eigenvalue weighted by atomic mass is 10.1. The molecule has 0 bridgehead atoms. The summed E-state index contributed by atoms with van der Waals surface area (Å²) in [6.45, 7) is 30.7. The third-order valence-corrected chi connectivity index (χ3v) is 20.6. The number of benzene rings is 9. The van der Waals surface area contributed by atoms with Crippen LogP contribution in [-0.2, 0) is 47.9 Å². The van der Waals surface area contributed by atoms with Gasteiger partial charge in [0.2, 0.25) is 0 Å². The van der Waals surface area contributed by atoms with E-state index in [1.165, 1.54) is 12.8 Å². The fourth-order valence-corrected chi connectivity index (χ4v) is 12.8. The second kappa shape index (κ2) is 57.5. The third-order valence-electron chi connectivity index (χ3n) is 20.6. The van der Waals surface area contributed by atoms with Crippen LogP contribution in [0.1, 0.15) is 272 Å². The van der Waals surface area contributed by atoms with Crippen LogP contribution in [-0.4, -0.2) is 93.4 Å². The molecule has 21 nitrogen and oxygen atoms in total. The fourth-order valence-electron chi connectivity index (χ4n) is 12.8. The molecule has 0 fully saturated rings. The Morgan fingerprint density at radius 2 is 0.395 bits per heavy atom. The second-order valence-corrected chi connectivity index (χ2v) is 31.6. The maximum atomic E-state index is 12.7. The van der Waals surface area contributed by atoms with Gasteiger partial charge < -0.3 is 56.8 Å². The van der Waals surface area contributed by atoms with Crippen molar-refractivity contribution >= 4 is 53.7 Å². The van der Waals surface area contributed by atoms with Crippen LogP contribution >= 0.6 is 0 Å². The molecule has 9 aromatic rings. The maximum Gasteiger partial charge on any atom is 0.343 e. The number of carbonyl (C=O) groups is 9. The van der Waals surface area contributed by atoms with Gasteiger partial charge in [-0.05, 0) is 297 Å². The molecule has 9 rings (SSSR count). The first kappa shape index (κ1) is 103. The summed E-state index contributed by atoms with van der Waals surface area (Å²) < 4.78 is 65.9. The van der Waals surface area contributed by atoms with Crippen molar-refractivity contribution in [3.63, 3.8) is 0 Å². The van der Waals surface area contributed by atoms with E-state index in [-0.39, 0.29) is 17.9 Å². The second-order valence-electron chi connectivity index (χ2n) is 31.6. The Morgan fingerprint density at radius 3 is 0.581 bits per heavy atom. The van der Waals surface area contributed by atoms with E-state index >= 15 is 0 Å². The van der Waals surface area contributed by atoms with E-state index in [2.05, 4.69) is 40.5 Å². The normalized spacial score (nSPS) is 10.6. The zero-order valence-electron chi connectivity index (χ0n) is 76.5. The number of aryl methyl sites for hydroxylation is 6. The van der Waals surface area contributed by atoms with Gasteiger partial charge in [-0.25, -0.2) is 43.2 Å². The van der Waals surface area contributed by atoms with Gasteiger partial charge in [0.05, 0.1) is 73.0 Å². The molecule has 0 spiro atoms. The van der Waals surface area contributed by atoms with Crippen molar-refractivity contribution in [2.24, 2.45) is 0 Å². The molecule has 9 aromatic carbocycles. The summed E-state index contributed by atoms with van der Waals surface area (Å²) in [5.74, 6) is 0.778. The first-order valence-electron chi connectivity index (χ1n) is 44.9. The molecule has 129 heavy (non-hydrogen) atoms. The van der Waals surface area contributed by atoms with Crippen LogP contribution < -0.4 is 42.6 Å². The lowest BCUT2D eigenvalue weighted by molar-refractivity contribution is -0.139. The SMILES string of the molecule is C=C(C)C(=O)OCCCCCCCCCCOc1ccc(C(=O)Oc2ccc(C(=O)Oc3ccc(CC)cc3)cc2)cc1C.C=C(C)C(=O)OCCCCCCCCCOc1ccc(C(=O)Oc2ccc(C(=O)Oc3ccc(CC)cc3)cc2)cc1C.C=C(C)C(=O)OCCCCCCCCOc1ccc(C(=O)Oc2ccc(C(=O)Oc3ccc(CC)cc3)cc2)cc1C. The summed E-state index contributed by atoms with van der Waals surface area (Å²) in [4.78, 5) is 109. The first-order valence-corrected chi connectivity index (χ1v) is 44.9. The molecule has 0 aliphatic carbocycles. The average Bonchev–Trinajstić information content (AvgIpc) is 0.844. The fraction of sp³-hybridized carbons (Fsp3) is 0.361. The van der Waals surface area contributed by atoms with Gasteiger partial charge in [0, 0.05) is 16.7 Å². The molecule has 0 aliphatic rings. The Labute approximate surface area is 760 Å². The van der Waals surface area contributed by atoms with Gasteiger partial charge in [-0.1, -0.05) is 173 Å². The van der Waals surface area contributed by atoms with Crippen LogP contribution in [0.25, 0.3) is 0 Å². The van der Waals surface area contributed by atoms with Crippen molar-refractivity contribution in [1.82, 2.24) is 0 Å². The zero-order chi connectivity index (χ0) is 93.1. The standard InChI is InChI=1S/C37H44O7.C36H42O7.C35H40O7/c1-5-29-14-19-32(20-15-29)43-36(39)30-16-21-33(22-17-30)44-37(40)31-18-23-34(28(4)26-31)41-24-12-10-8-6-7-9-11-13-25-42-35(38)27(2)3;1-5-28-13-18-31(19-14-28)42-35(38)29-15-20-32(21-16-29)43-36(39)30-17-22-33(27(4)25-30)40-23-11-9-7-6-8-10-12-24-41-34(37)26(2)3;1-5-27-12-17-30(18-13-27)41-34(37)28-14-19-31(20-15-28)42-35(38)29-16-21-32(26(4)24-29)39-22-10-8-6-7-9-11-23-40-33(36)25(2)3/h14-23,26H,2,5-13,24-25H2,1,3-4H3;13-22,25H,2,5-12,23-24H2,1,3-4H3;12-21,24H,2,5-11,22-23H2,1,3-4H3. The van der Waals surface area contributed by atoms with Crippen molar-refractivity contribution < 1.29 is 100.0 Å². The molecule has 0 atom stereocenters. The molecule has 0 aliphatic heterocycles. The minimum Gasteiger partial charge on any atom is -0.493 e. The van der Waals surface area contributed by atoms with E-state index in [4.69, 9.17) is 56.8 Å². The number of ether oxygens (including phenoxy) is 12. The van der Waals surface area contributed by atoms with Gasteiger partial charge >= 0.3 is 53.7 Å². The molecular formula is C108H126O21. The summed E-state index contributed by atoms with van der Waals surface area (Å²) in [7, 11) is 0. The van der Waals surface area contributed by atoms with Gasteiger partial charge in [0.15, 0.2) is 0 Å². The highest BCUT2D eigenvalue weighted by Gasteiger charge is 2.19. The molecule has 0 amide bonds. The predicted octanol–water partition coefficient (Wildman–Crippen LogP) is 24.7. The Bertz CT molecular complexity index is 5080. The predicted molar refractivity (Wildman–Crippen MR) is 501 cm³/mol. The summed E-state index contributed by atoms with van der Waals surface area (Å²) in [5.41, 5.74) is 9.67. The smallest absolute Gasteiger partial charge is 0.343 e. The maximum absolute atomic E-state index is 12.7. The Hall–Kier alpha value is -13.2. The van der Waals surface area contributed by atoms with Crippen LogP contribution in [0.4, 0.5) is 0 Å². The minimum atomic E-state index is -0.495. The van der Waals surface area contributed by atoms with Crippen LogP contribution in [0, 0.1) is 20.8 Å². The number of hydrogen-bond acceptors (Lipinski definition) is 21.